The largest absolute Gasteiger partial charge is 0.468 e. The van der Waals surface area contributed by atoms with E-state index < -0.39 is 0 Å². The molecule has 1 unspecified atom stereocenters. The quantitative estimate of drug-likeness (QED) is 0.617. The van der Waals surface area contributed by atoms with Crippen LogP contribution in [0.3, 0.4) is 0 Å². The lowest BCUT2D eigenvalue weighted by molar-refractivity contribution is 0.00354. The van der Waals surface area contributed by atoms with Crippen molar-refractivity contribution in [2.45, 2.75) is 31.3 Å². The molecule has 4 aliphatic rings. The molecule has 4 rings (SSSR count). The van der Waals surface area contributed by atoms with E-state index >= 15 is 0 Å². The van der Waals surface area contributed by atoms with E-state index in [0.717, 1.165) is 18.6 Å². The number of rotatable bonds is 0. The van der Waals surface area contributed by atoms with Crippen molar-refractivity contribution >= 4 is 0 Å². The lowest BCUT2D eigenvalue weighted by Crippen LogP contribution is -2.44. The average molecular weight is 214 g/mol. The van der Waals surface area contributed by atoms with Gasteiger partial charge in [-0.25, -0.2) is 0 Å². The molecule has 0 aromatic rings. The molecule has 1 spiro atoms. The molecule has 1 atom stereocenters. The standard InChI is InChI=1S/C14H14O2/c1-2-5-10-6-4-8-14-12(10)11(7-3-1)13(14)15-9-16-14/h1-3,7H,4-6,8-9H2/b2-1-,7-3-. The smallest absolute Gasteiger partial charge is 0.190 e. The van der Waals surface area contributed by atoms with Crippen LogP contribution in [-0.2, 0) is 9.47 Å². The third kappa shape index (κ3) is 0.874. The van der Waals surface area contributed by atoms with E-state index in [1.54, 1.807) is 5.57 Å². The minimum Gasteiger partial charge on any atom is -0.468 e. The van der Waals surface area contributed by atoms with Crippen LogP contribution in [0.15, 0.2) is 46.8 Å². The molecule has 0 radical (unpaired) electrons. The highest BCUT2D eigenvalue weighted by molar-refractivity contribution is 5.66. The number of hydrogen-bond donors (Lipinski definition) is 0. The van der Waals surface area contributed by atoms with Crippen molar-refractivity contribution < 1.29 is 9.47 Å². The molecule has 0 N–H and O–H groups in total. The summed E-state index contributed by atoms with van der Waals surface area (Å²) in [5.41, 5.74) is 4.14. The summed E-state index contributed by atoms with van der Waals surface area (Å²) < 4.78 is 11.5. The second-order valence-corrected chi connectivity index (χ2v) is 4.80. The molecule has 0 bridgehead atoms. The van der Waals surface area contributed by atoms with E-state index in [1.165, 1.54) is 24.0 Å². The molecule has 0 aromatic carbocycles. The van der Waals surface area contributed by atoms with Crippen LogP contribution in [0.2, 0.25) is 0 Å². The molecular formula is C14H14O2. The van der Waals surface area contributed by atoms with Gasteiger partial charge >= 0.3 is 0 Å². The molecule has 0 saturated carbocycles. The lowest BCUT2D eigenvalue weighted by atomic mass is 9.64. The van der Waals surface area contributed by atoms with E-state index in [0.29, 0.717) is 6.79 Å². The highest BCUT2D eigenvalue weighted by Gasteiger charge is 2.57. The van der Waals surface area contributed by atoms with Gasteiger partial charge in [0, 0.05) is 11.1 Å². The molecule has 16 heavy (non-hydrogen) atoms. The van der Waals surface area contributed by atoms with Gasteiger partial charge in [-0.15, -0.1) is 0 Å². The van der Waals surface area contributed by atoms with Crippen molar-refractivity contribution in [3.8, 4) is 0 Å². The van der Waals surface area contributed by atoms with Crippen LogP contribution < -0.4 is 0 Å². The first-order valence-corrected chi connectivity index (χ1v) is 5.99. The summed E-state index contributed by atoms with van der Waals surface area (Å²) in [6.07, 6.45) is 13.2. The summed E-state index contributed by atoms with van der Waals surface area (Å²) in [4.78, 5) is 0. The predicted molar refractivity (Wildman–Crippen MR) is 60.6 cm³/mol. The van der Waals surface area contributed by atoms with Gasteiger partial charge in [-0.1, -0.05) is 29.9 Å². The fraction of sp³-hybridized carbons (Fsp3) is 0.429. The second kappa shape index (κ2) is 2.89. The molecule has 1 saturated heterocycles. The molecule has 82 valence electrons. The molecule has 2 heteroatoms. The highest BCUT2D eigenvalue weighted by atomic mass is 16.7. The minimum absolute atomic E-state index is 0.140. The first kappa shape index (κ1) is 8.82. The Morgan fingerprint density at radius 2 is 2.25 bits per heavy atom. The topological polar surface area (TPSA) is 18.5 Å². The second-order valence-electron chi connectivity index (χ2n) is 4.80. The van der Waals surface area contributed by atoms with Crippen LogP contribution in [0.25, 0.3) is 0 Å². The first-order chi connectivity index (χ1) is 7.92. The summed E-state index contributed by atoms with van der Waals surface area (Å²) in [6.45, 7) is 0.427. The van der Waals surface area contributed by atoms with E-state index in [9.17, 15) is 0 Å². The molecule has 1 fully saturated rings. The lowest BCUT2D eigenvalue weighted by Gasteiger charge is -2.44. The van der Waals surface area contributed by atoms with Gasteiger partial charge in [0.15, 0.2) is 12.4 Å². The predicted octanol–water partition coefficient (Wildman–Crippen LogP) is 2.99. The Labute approximate surface area is 94.9 Å². The summed E-state index contributed by atoms with van der Waals surface area (Å²) in [6, 6.07) is 0. The zero-order valence-corrected chi connectivity index (χ0v) is 9.16. The van der Waals surface area contributed by atoms with Crippen LogP contribution >= 0.6 is 0 Å². The maximum atomic E-state index is 5.88. The maximum absolute atomic E-state index is 5.88. The zero-order valence-electron chi connectivity index (χ0n) is 9.16. The number of hydrogen-bond acceptors (Lipinski definition) is 2. The molecule has 0 amide bonds. The molecule has 0 aromatic heterocycles. The van der Waals surface area contributed by atoms with Gasteiger partial charge in [-0.2, -0.15) is 0 Å². The van der Waals surface area contributed by atoms with Crippen molar-refractivity contribution in [3.63, 3.8) is 0 Å². The van der Waals surface area contributed by atoms with Crippen molar-refractivity contribution in [1.29, 1.82) is 0 Å². The monoisotopic (exact) mass is 214 g/mol. The van der Waals surface area contributed by atoms with E-state index in [-0.39, 0.29) is 5.60 Å². The van der Waals surface area contributed by atoms with Crippen LogP contribution in [-0.4, -0.2) is 12.4 Å². The van der Waals surface area contributed by atoms with E-state index in [2.05, 4.69) is 24.3 Å². The average Bonchev–Trinajstić information content (AvgIpc) is 2.58. The Kier molecular flexibility index (Phi) is 1.59. The van der Waals surface area contributed by atoms with Gasteiger partial charge in [0.2, 0.25) is 0 Å². The Morgan fingerprint density at radius 3 is 3.25 bits per heavy atom. The fourth-order valence-corrected chi connectivity index (χ4v) is 3.39. The van der Waals surface area contributed by atoms with Gasteiger partial charge in [-0.3, -0.25) is 0 Å². The van der Waals surface area contributed by atoms with Gasteiger partial charge in [0.05, 0.1) is 0 Å². The zero-order chi connectivity index (χ0) is 10.6. The van der Waals surface area contributed by atoms with Crippen LogP contribution in [0, 0.1) is 0 Å². The fourth-order valence-electron chi connectivity index (χ4n) is 3.39. The summed E-state index contributed by atoms with van der Waals surface area (Å²) in [7, 11) is 0. The molecule has 2 nitrogen and oxygen atoms in total. The van der Waals surface area contributed by atoms with Crippen LogP contribution in [0.5, 0.6) is 0 Å². The first-order valence-electron chi connectivity index (χ1n) is 5.99. The number of allylic oxidation sites excluding steroid dienone is 5. The molecule has 1 heterocycles. The van der Waals surface area contributed by atoms with Crippen molar-refractivity contribution in [1.82, 2.24) is 0 Å². The number of ether oxygens (including phenoxy) is 2. The summed E-state index contributed by atoms with van der Waals surface area (Å²) in [5.74, 6) is 1.09. The molecule has 3 aliphatic carbocycles. The normalized spacial score (nSPS) is 39.0. The SMILES string of the molecule is C1=C\CC2=C3C(=C4OCOC43CCC2)\C=C/1. The van der Waals surface area contributed by atoms with Crippen molar-refractivity contribution in [2.24, 2.45) is 0 Å². The summed E-state index contributed by atoms with van der Waals surface area (Å²) in [5, 5.41) is 0. The highest BCUT2D eigenvalue weighted by Crippen LogP contribution is 2.58. The van der Waals surface area contributed by atoms with E-state index in [1.807, 2.05) is 0 Å². The van der Waals surface area contributed by atoms with Gasteiger partial charge < -0.3 is 9.47 Å². The van der Waals surface area contributed by atoms with Gasteiger partial charge in [-0.05, 0) is 25.7 Å². The molecular weight excluding hydrogens is 200 g/mol. The maximum Gasteiger partial charge on any atom is 0.190 e. The molecule has 1 aliphatic heterocycles. The van der Waals surface area contributed by atoms with Gasteiger partial charge in [0.1, 0.15) is 5.76 Å². The summed E-state index contributed by atoms with van der Waals surface area (Å²) >= 11 is 0. The Morgan fingerprint density at radius 1 is 1.25 bits per heavy atom. The Hall–Kier alpha value is -1.28. The van der Waals surface area contributed by atoms with E-state index in [4.69, 9.17) is 9.47 Å². The van der Waals surface area contributed by atoms with Crippen LogP contribution in [0.4, 0.5) is 0 Å². The minimum atomic E-state index is -0.140. The third-order valence-corrected chi connectivity index (χ3v) is 4.03. The third-order valence-electron chi connectivity index (χ3n) is 4.03. The van der Waals surface area contributed by atoms with Gasteiger partial charge in [0.25, 0.3) is 0 Å². The Balaban J connectivity index is 1.97. The van der Waals surface area contributed by atoms with Crippen molar-refractivity contribution in [2.75, 3.05) is 6.79 Å². The van der Waals surface area contributed by atoms with Crippen LogP contribution in [0.1, 0.15) is 25.7 Å². The van der Waals surface area contributed by atoms with Crippen molar-refractivity contribution in [3.05, 3.63) is 46.8 Å². The Bertz CT molecular complexity index is 479.